The number of carbonyl (C=O) groups is 2. The van der Waals surface area contributed by atoms with Crippen molar-refractivity contribution >= 4 is 11.9 Å². The summed E-state index contributed by atoms with van der Waals surface area (Å²) < 4.78 is 38.7. The second-order valence-corrected chi connectivity index (χ2v) is 6.06. The molecule has 134 valence electrons. The van der Waals surface area contributed by atoms with Crippen LogP contribution in [0.5, 0.6) is 0 Å². The van der Waals surface area contributed by atoms with Crippen LogP contribution >= 0.6 is 0 Å². The van der Waals surface area contributed by atoms with Gasteiger partial charge in [-0.05, 0) is 39.8 Å². The molecule has 0 unspecified atom stereocenters. The van der Waals surface area contributed by atoms with E-state index >= 15 is 0 Å². The number of hydrogen-bond acceptors (Lipinski definition) is 6. The Labute approximate surface area is 142 Å². The van der Waals surface area contributed by atoms with Crippen molar-refractivity contribution in [2.75, 3.05) is 6.61 Å². The summed E-state index contributed by atoms with van der Waals surface area (Å²) in [4.78, 5) is 23.7. The van der Waals surface area contributed by atoms with Crippen LogP contribution in [-0.2, 0) is 9.47 Å². The molecule has 7 nitrogen and oxygen atoms in total. The Morgan fingerprint density at radius 3 is 2.24 bits per heavy atom. The molecule has 0 spiro atoms. The van der Waals surface area contributed by atoms with Crippen LogP contribution in [0, 0.1) is 11.6 Å². The number of H-pyrrole nitrogens is 1. The normalized spacial score (nSPS) is 11.3. The fourth-order valence-electron chi connectivity index (χ4n) is 2.00. The number of rotatable bonds is 4. The van der Waals surface area contributed by atoms with Crippen molar-refractivity contribution in [3.8, 4) is 11.3 Å². The van der Waals surface area contributed by atoms with Crippen LogP contribution in [0.15, 0.2) is 12.1 Å². The van der Waals surface area contributed by atoms with Crippen molar-refractivity contribution in [1.29, 1.82) is 0 Å². The van der Waals surface area contributed by atoms with E-state index in [2.05, 4.69) is 15.4 Å². The fraction of sp³-hybridized carbons (Fsp3) is 0.375. The van der Waals surface area contributed by atoms with Crippen molar-refractivity contribution < 1.29 is 27.8 Å². The predicted octanol–water partition coefficient (Wildman–Crippen LogP) is 2.88. The highest BCUT2D eigenvalue weighted by molar-refractivity contribution is 5.95. The molecule has 0 aliphatic heterocycles. The van der Waals surface area contributed by atoms with Gasteiger partial charge in [-0.2, -0.15) is 10.3 Å². The first-order valence-corrected chi connectivity index (χ1v) is 7.44. The quantitative estimate of drug-likeness (QED) is 0.850. The van der Waals surface area contributed by atoms with Gasteiger partial charge in [0.25, 0.3) is 0 Å². The second-order valence-electron chi connectivity index (χ2n) is 6.06. The van der Waals surface area contributed by atoms with E-state index in [1.807, 2.05) is 0 Å². The van der Waals surface area contributed by atoms with Gasteiger partial charge < -0.3 is 9.47 Å². The van der Waals surface area contributed by atoms with Gasteiger partial charge in [0.05, 0.1) is 17.7 Å². The zero-order valence-electron chi connectivity index (χ0n) is 14.1. The molecule has 0 aliphatic carbocycles. The van der Waals surface area contributed by atoms with Crippen molar-refractivity contribution in [3.05, 3.63) is 35.0 Å². The summed E-state index contributed by atoms with van der Waals surface area (Å²) in [6.45, 7) is 6.54. The van der Waals surface area contributed by atoms with E-state index in [0.29, 0.717) is 0 Å². The van der Waals surface area contributed by atoms with E-state index in [9.17, 15) is 18.4 Å². The average molecular weight is 353 g/mol. The number of ether oxygens (including phenoxy) is 2. The van der Waals surface area contributed by atoms with Crippen LogP contribution in [0.2, 0.25) is 0 Å². The first-order valence-electron chi connectivity index (χ1n) is 7.44. The molecule has 0 saturated carbocycles. The number of benzene rings is 1. The van der Waals surface area contributed by atoms with E-state index < -0.39 is 34.7 Å². The lowest BCUT2D eigenvalue weighted by Crippen LogP contribution is -2.24. The molecule has 1 aromatic heterocycles. The first kappa shape index (κ1) is 18.5. The molecule has 0 saturated heterocycles. The zero-order chi connectivity index (χ0) is 18.8. The van der Waals surface area contributed by atoms with Crippen molar-refractivity contribution in [3.63, 3.8) is 0 Å². The molecule has 9 heteroatoms. The van der Waals surface area contributed by atoms with Crippen LogP contribution < -0.4 is 0 Å². The Balaban J connectivity index is 2.44. The number of hydrogen-bond donors (Lipinski definition) is 1. The van der Waals surface area contributed by atoms with Crippen LogP contribution in [0.25, 0.3) is 11.3 Å². The molecular weight excluding hydrogens is 336 g/mol. The van der Waals surface area contributed by atoms with E-state index in [1.54, 1.807) is 27.7 Å². The molecule has 1 N–H and O–H groups in total. The van der Waals surface area contributed by atoms with Crippen molar-refractivity contribution in [2.24, 2.45) is 0 Å². The van der Waals surface area contributed by atoms with E-state index in [4.69, 9.17) is 9.47 Å². The maximum Gasteiger partial charge on any atom is 0.361 e. The average Bonchev–Trinajstić information content (AvgIpc) is 2.94. The van der Waals surface area contributed by atoms with Gasteiger partial charge in [-0.15, -0.1) is 5.10 Å². The van der Waals surface area contributed by atoms with Gasteiger partial charge in [0.1, 0.15) is 22.9 Å². The summed E-state index contributed by atoms with van der Waals surface area (Å²) in [5, 5.41) is 9.31. The molecule has 2 rings (SSSR count). The van der Waals surface area contributed by atoms with Gasteiger partial charge in [0.15, 0.2) is 5.69 Å². The Morgan fingerprint density at radius 1 is 1.12 bits per heavy atom. The Bertz CT molecular complexity index is 789. The number of aromatic nitrogens is 3. The van der Waals surface area contributed by atoms with Gasteiger partial charge in [0, 0.05) is 0 Å². The lowest BCUT2D eigenvalue weighted by molar-refractivity contribution is 0.00682. The molecule has 1 aromatic carbocycles. The van der Waals surface area contributed by atoms with E-state index in [1.165, 1.54) is 0 Å². The number of halogens is 2. The molecule has 0 atom stereocenters. The monoisotopic (exact) mass is 353 g/mol. The van der Waals surface area contributed by atoms with Gasteiger partial charge in [0.2, 0.25) is 0 Å². The number of esters is 2. The fourth-order valence-corrected chi connectivity index (χ4v) is 2.00. The zero-order valence-corrected chi connectivity index (χ0v) is 14.1. The van der Waals surface area contributed by atoms with Gasteiger partial charge >= 0.3 is 11.9 Å². The SMILES string of the molecule is CCOC(=O)c1n[nH]nc1-c1c(F)cc(C(=O)OC(C)(C)C)cc1F. The minimum Gasteiger partial charge on any atom is -0.461 e. The summed E-state index contributed by atoms with van der Waals surface area (Å²) >= 11 is 0. The molecular formula is C16H17F2N3O4. The Hall–Kier alpha value is -2.84. The largest absolute Gasteiger partial charge is 0.461 e. The molecule has 1 heterocycles. The highest BCUT2D eigenvalue weighted by atomic mass is 19.1. The third-order valence-corrected chi connectivity index (χ3v) is 2.93. The van der Waals surface area contributed by atoms with Gasteiger partial charge in [-0.25, -0.2) is 18.4 Å². The van der Waals surface area contributed by atoms with Gasteiger partial charge in [-0.3, -0.25) is 0 Å². The van der Waals surface area contributed by atoms with E-state index in [-0.39, 0.29) is 23.6 Å². The number of nitrogens with one attached hydrogen (secondary N) is 1. The van der Waals surface area contributed by atoms with Gasteiger partial charge in [-0.1, -0.05) is 0 Å². The van der Waals surface area contributed by atoms with Crippen molar-refractivity contribution in [1.82, 2.24) is 15.4 Å². The lowest BCUT2D eigenvalue weighted by Gasteiger charge is -2.19. The number of carbonyl (C=O) groups excluding carboxylic acids is 2. The summed E-state index contributed by atoms with van der Waals surface area (Å²) in [7, 11) is 0. The molecule has 0 amide bonds. The minimum absolute atomic E-state index is 0.0632. The van der Waals surface area contributed by atoms with Crippen LogP contribution in [0.4, 0.5) is 8.78 Å². The maximum absolute atomic E-state index is 14.4. The molecule has 0 radical (unpaired) electrons. The molecule has 2 aromatic rings. The highest BCUT2D eigenvalue weighted by Crippen LogP contribution is 2.28. The Morgan fingerprint density at radius 2 is 1.72 bits per heavy atom. The third kappa shape index (κ3) is 4.17. The predicted molar refractivity (Wildman–Crippen MR) is 82.9 cm³/mol. The molecule has 25 heavy (non-hydrogen) atoms. The highest BCUT2D eigenvalue weighted by Gasteiger charge is 2.27. The van der Waals surface area contributed by atoms with Crippen LogP contribution in [-0.4, -0.2) is 39.6 Å². The minimum atomic E-state index is -1.08. The summed E-state index contributed by atoms with van der Waals surface area (Å²) in [6, 6.07) is 1.63. The molecule has 0 bridgehead atoms. The van der Waals surface area contributed by atoms with Crippen LogP contribution in [0.1, 0.15) is 48.5 Å². The summed E-state index contributed by atoms with van der Waals surface area (Å²) in [6.07, 6.45) is 0. The standard InChI is InChI=1S/C16H17F2N3O4/c1-5-24-15(23)13-12(19-21-20-13)11-9(17)6-8(7-10(11)18)14(22)25-16(2,3)4/h6-7H,5H2,1-4H3,(H,19,20,21). The Kier molecular flexibility index (Phi) is 5.15. The lowest BCUT2D eigenvalue weighted by atomic mass is 10.1. The molecule has 0 aliphatic rings. The third-order valence-electron chi connectivity index (χ3n) is 2.93. The first-order chi connectivity index (χ1) is 11.6. The summed E-state index contributed by atoms with van der Waals surface area (Å²) in [5.74, 6) is -3.91. The number of aromatic amines is 1. The second kappa shape index (κ2) is 6.96. The summed E-state index contributed by atoms with van der Waals surface area (Å²) in [5.41, 5.74) is -2.40. The van der Waals surface area contributed by atoms with E-state index in [0.717, 1.165) is 12.1 Å². The topological polar surface area (TPSA) is 94.2 Å². The molecule has 0 fully saturated rings. The van der Waals surface area contributed by atoms with Crippen molar-refractivity contribution in [2.45, 2.75) is 33.3 Å². The number of nitrogens with zero attached hydrogens (tertiary/aromatic N) is 2. The maximum atomic E-state index is 14.4. The van der Waals surface area contributed by atoms with Crippen LogP contribution in [0.3, 0.4) is 0 Å². The smallest absolute Gasteiger partial charge is 0.361 e.